The van der Waals surface area contributed by atoms with Crippen molar-refractivity contribution >= 4 is 22.9 Å². The normalized spacial score (nSPS) is 16.7. The molecule has 21 heavy (non-hydrogen) atoms. The third kappa shape index (κ3) is 3.09. The second-order valence-corrected chi connectivity index (χ2v) is 5.35. The molecule has 1 aliphatic heterocycles. The fourth-order valence-corrected chi connectivity index (χ4v) is 2.61. The minimum Gasteiger partial charge on any atom is -0.359 e. The molecule has 1 fully saturated rings. The van der Waals surface area contributed by atoms with E-state index in [-0.39, 0.29) is 11.9 Å². The summed E-state index contributed by atoms with van der Waals surface area (Å²) in [5.41, 5.74) is 1.33. The third-order valence-electron chi connectivity index (χ3n) is 3.73. The van der Waals surface area contributed by atoms with Crippen LogP contribution in [0.4, 0.5) is 5.82 Å². The highest BCUT2D eigenvalue weighted by atomic mass is 16.2. The molecule has 2 aromatic heterocycles. The summed E-state index contributed by atoms with van der Waals surface area (Å²) in [7, 11) is 0. The van der Waals surface area contributed by atoms with Crippen molar-refractivity contribution in [1.82, 2.24) is 19.9 Å². The number of hydrogen-bond donors (Lipinski definition) is 1. The summed E-state index contributed by atoms with van der Waals surface area (Å²) < 4.78 is 0. The Morgan fingerprint density at radius 3 is 2.76 bits per heavy atom. The van der Waals surface area contributed by atoms with Crippen LogP contribution in [0.15, 0.2) is 24.5 Å². The van der Waals surface area contributed by atoms with Gasteiger partial charge in [-0.25, -0.2) is 9.97 Å². The van der Waals surface area contributed by atoms with Gasteiger partial charge < -0.3 is 10.2 Å². The number of anilines is 1. The predicted molar refractivity (Wildman–Crippen MR) is 80.8 cm³/mol. The Morgan fingerprint density at radius 1 is 1.19 bits per heavy atom. The summed E-state index contributed by atoms with van der Waals surface area (Å²) in [6, 6.07) is 3.40. The van der Waals surface area contributed by atoms with E-state index in [1.165, 1.54) is 6.42 Å². The first-order valence-electron chi connectivity index (χ1n) is 7.37. The molecule has 0 bridgehead atoms. The molecule has 6 nitrogen and oxygen atoms in total. The first kappa shape index (κ1) is 13.7. The summed E-state index contributed by atoms with van der Waals surface area (Å²) in [5, 5.41) is 3.16. The van der Waals surface area contributed by atoms with Crippen LogP contribution in [0.2, 0.25) is 0 Å². The van der Waals surface area contributed by atoms with E-state index in [9.17, 15) is 4.79 Å². The molecule has 110 valence electrons. The van der Waals surface area contributed by atoms with E-state index < -0.39 is 0 Å². The lowest BCUT2D eigenvalue weighted by atomic mass is 10.1. The summed E-state index contributed by atoms with van der Waals surface area (Å²) in [4.78, 5) is 27.1. The van der Waals surface area contributed by atoms with Crippen LogP contribution < -0.4 is 5.32 Å². The fourth-order valence-electron chi connectivity index (χ4n) is 2.61. The average molecular weight is 285 g/mol. The van der Waals surface area contributed by atoms with E-state index in [0.29, 0.717) is 11.5 Å². The van der Waals surface area contributed by atoms with Gasteiger partial charge in [-0.2, -0.15) is 0 Å². The van der Waals surface area contributed by atoms with Crippen LogP contribution in [0.25, 0.3) is 11.2 Å². The van der Waals surface area contributed by atoms with Crippen molar-refractivity contribution < 1.29 is 4.79 Å². The zero-order chi connectivity index (χ0) is 14.7. The fraction of sp³-hybridized carbons (Fsp3) is 0.467. The summed E-state index contributed by atoms with van der Waals surface area (Å²) in [6.07, 6.45) is 6.67. The van der Waals surface area contributed by atoms with Gasteiger partial charge in [0.1, 0.15) is 17.4 Å². The largest absolute Gasteiger partial charge is 0.359 e. The number of carbonyl (C=O) groups is 1. The molecule has 0 saturated carbocycles. The van der Waals surface area contributed by atoms with Gasteiger partial charge in [0.2, 0.25) is 5.91 Å². The van der Waals surface area contributed by atoms with Crippen LogP contribution in [0.1, 0.15) is 26.2 Å². The van der Waals surface area contributed by atoms with E-state index in [2.05, 4.69) is 20.3 Å². The Labute approximate surface area is 123 Å². The van der Waals surface area contributed by atoms with E-state index >= 15 is 0 Å². The Hall–Kier alpha value is -2.24. The van der Waals surface area contributed by atoms with Gasteiger partial charge in [-0.3, -0.25) is 9.78 Å². The van der Waals surface area contributed by atoms with Crippen LogP contribution in [-0.4, -0.2) is 44.9 Å². The Kier molecular flexibility index (Phi) is 3.94. The van der Waals surface area contributed by atoms with Gasteiger partial charge in [0.25, 0.3) is 0 Å². The molecule has 0 aromatic carbocycles. The molecule has 2 aromatic rings. The van der Waals surface area contributed by atoms with Crippen LogP contribution in [0.3, 0.4) is 0 Å². The molecule has 1 aliphatic rings. The highest BCUT2D eigenvalue weighted by molar-refractivity contribution is 5.84. The number of nitrogens with zero attached hydrogens (tertiary/aromatic N) is 4. The second kappa shape index (κ2) is 6.03. The Bertz CT molecular complexity index is 639. The van der Waals surface area contributed by atoms with Crippen molar-refractivity contribution in [2.45, 2.75) is 32.2 Å². The number of pyridine rings is 1. The van der Waals surface area contributed by atoms with Gasteiger partial charge in [0.05, 0.1) is 0 Å². The van der Waals surface area contributed by atoms with E-state index in [4.69, 9.17) is 0 Å². The molecule has 3 rings (SSSR count). The Morgan fingerprint density at radius 2 is 1.95 bits per heavy atom. The molecule has 0 radical (unpaired) electrons. The number of amides is 1. The zero-order valence-electron chi connectivity index (χ0n) is 12.1. The van der Waals surface area contributed by atoms with Crippen molar-refractivity contribution in [2.75, 3.05) is 18.4 Å². The molecule has 1 saturated heterocycles. The van der Waals surface area contributed by atoms with E-state index in [0.717, 1.165) is 31.4 Å². The number of carbonyl (C=O) groups excluding carboxylic acids is 1. The maximum absolute atomic E-state index is 12.4. The maximum Gasteiger partial charge on any atom is 0.244 e. The van der Waals surface area contributed by atoms with Crippen molar-refractivity contribution in [1.29, 1.82) is 0 Å². The molecule has 6 heteroatoms. The number of fused-ring (bicyclic) bond motifs is 1. The highest BCUT2D eigenvalue weighted by Crippen LogP contribution is 2.14. The van der Waals surface area contributed by atoms with Crippen LogP contribution in [0, 0.1) is 0 Å². The van der Waals surface area contributed by atoms with Gasteiger partial charge in [-0.05, 0) is 38.3 Å². The topological polar surface area (TPSA) is 71.0 Å². The number of hydrogen-bond acceptors (Lipinski definition) is 5. The lowest BCUT2D eigenvalue weighted by Crippen LogP contribution is -2.44. The second-order valence-electron chi connectivity index (χ2n) is 5.35. The molecule has 0 aliphatic carbocycles. The molecule has 3 heterocycles. The lowest BCUT2D eigenvalue weighted by molar-refractivity contribution is -0.132. The highest BCUT2D eigenvalue weighted by Gasteiger charge is 2.22. The standard InChI is InChI=1S/C15H19N5O/c1-11(15(21)20-9-3-2-4-10-20)18-13-6-5-12-14(19-13)17-8-7-16-12/h5-8,11H,2-4,9-10H2,1H3,(H,17,18,19). The lowest BCUT2D eigenvalue weighted by Gasteiger charge is -2.29. The molecule has 1 amide bonds. The molecule has 1 unspecified atom stereocenters. The maximum atomic E-state index is 12.4. The van der Waals surface area contributed by atoms with Crippen LogP contribution in [-0.2, 0) is 4.79 Å². The molecular formula is C15H19N5O. The van der Waals surface area contributed by atoms with Gasteiger partial charge in [0.15, 0.2) is 5.65 Å². The van der Waals surface area contributed by atoms with Crippen molar-refractivity contribution in [3.05, 3.63) is 24.5 Å². The first-order chi connectivity index (χ1) is 10.2. The first-order valence-corrected chi connectivity index (χ1v) is 7.37. The number of nitrogens with one attached hydrogen (secondary N) is 1. The van der Waals surface area contributed by atoms with E-state index in [1.807, 2.05) is 24.0 Å². The molecular weight excluding hydrogens is 266 g/mol. The number of piperidine rings is 1. The SMILES string of the molecule is CC(Nc1ccc2nccnc2n1)C(=O)N1CCCCC1. The van der Waals surface area contributed by atoms with Gasteiger partial charge in [-0.15, -0.1) is 0 Å². The Balaban J connectivity index is 1.70. The summed E-state index contributed by atoms with van der Waals surface area (Å²) >= 11 is 0. The summed E-state index contributed by atoms with van der Waals surface area (Å²) in [5.74, 6) is 0.789. The number of rotatable bonds is 3. The van der Waals surface area contributed by atoms with Crippen molar-refractivity contribution in [3.63, 3.8) is 0 Å². The van der Waals surface area contributed by atoms with Crippen molar-refractivity contribution in [3.8, 4) is 0 Å². The van der Waals surface area contributed by atoms with Gasteiger partial charge in [-0.1, -0.05) is 0 Å². The summed E-state index contributed by atoms with van der Waals surface area (Å²) in [6.45, 7) is 3.60. The smallest absolute Gasteiger partial charge is 0.244 e. The monoisotopic (exact) mass is 285 g/mol. The van der Waals surface area contributed by atoms with Gasteiger partial charge in [0, 0.05) is 25.5 Å². The predicted octanol–water partition coefficient (Wildman–Crippen LogP) is 1.84. The van der Waals surface area contributed by atoms with Gasteiger partial charge >= 0.3 is 0 Å². The minimum atomic E-state index is -0.287. The molecule has 0 spiro atoms. The number of aromatic nitrogens is 3. The van der Waals surface area contributed by atoms with Crippen LogP contribution >= 0.6 is 0 Å². The average Bonchev–Trinajstić information content (AvgIpc) is 2.55. The number of likely N-dealkylation sites (tertiary alicyclic amines) is 1. The zero-order valence-corrected chi connectivity index (χ0v) is 12.1. The third-order valence-corrected chi connectivity index (χ3v) is 3.73. The minimum absolute atomic E-state index is 0.135. The van der Waals surface area contributed by atoms with Crippen LogP contribution in [0.5, 0.6) is 0 Å². The molecule has 1 atom stereocenters. The van der Waals surface area contributed by atoms with Crippen molar-refractivity contribution in [2.24, 2.45) is 0 Å². The quantitative estimate of drug-likeness (QED) is 0.931. The molecule has 1 N–H and O–H groups in total. The van der Waals surface area contributed by atoms with E-state index in [1.54, 1.807) is 12.4 Å².